The first-order valence-corrected chi connectivity index (χ1v) is 8.31. The van der Waals surface area contributed by atoms with E-state index in [9.17, 15) is 0 Å². The van der Waals surface area contributed by atoms with Gasteiger partial charge >= 0.3 is 0 Å². The van der Waals surface area contributed by atoms with E-state index in [0.29, 0.717) is 5.92 Å². The average Bonchev–Trinajstić information content (AvgIpc) is 2.99. The van der Waals surface area contributed by atoms with Crippen molar-refractivity contribution in [3.8, 4) is 0 Å². The monoisotopic (exact) mass is 357 g/mol. The van der Waals surface area contributed by atoms with Gasteiger partial charge in [0, 0.05) is 19.0 Å². The Morgan fingerprint density at radius 3 is 2.70 bits per heavy atom. The second-order valence-corrected chi connectivity index (χ2v) is 6.73. The van der Waals surface area contributed by atoms with Crippen LogP contribution in [0.2, 0.25) is 0 Å². The third kappa shape index (κ3) is 2.94. The Hall–Kier alpha value is -0.790. The zero-order valence-corrected chi connectivity index (χ0v) is 14.6. The summed E-state index contributed by atoms with van der Waals surface area (Å²) in [7, 11) is 0. The number of nitrogens with two attached hydrogens (primary N) is 1. The fourth-order valence-electron chi connectivity index (χ4n) is 2.23. The molecule has 0 fully saturated rings. The second-order valence-electron chi connectivity index (χ2n) is 5.15. The standard InChI is InChI=1S/C13H20BrN5S/c1-5-19-10(11(14)8(4)17-19)6-9(15)13-12(7(2)3)16-18-20-13/h7,9H,5-6,15H2,1-4H3. The number of nitrogens with zero attached hydrogens (tertiary/aromatic N) is 4. The van der Waals surface area contributed by atoms with Gasteiger partial charge in [0.05, 0.1) is 26.4 Å². The summed E-state index contributed by atoms with van der Waals surface area (Å²) in [5, 5.41) is 8.71. The van der Waals surface area contributed by atoms with E-state index in [4.69, 9.17) is 5.73 Å². The maximum Gasteiger partial charge on any atom is 0.0829 e. The molecule has 2 heterocycles. The van der Waals surface area contributed by atoms with Gasteiger partial charge in [-0.25, -0.2) is 0 Å². The van der Waals surface area contributed by atoms with Crippen molar-refractivity contribution in [2.75, 3.05) is 0 Å². The van der Waals surface area contributed by atoms with Crippen molar-refractivity contribution < 1.29 is 0 Å². The fourth-order valence-corrected chi connectivity index (χ4v) is 3.48. The van der Waals surface area contributed by atoms with E-state index in [-0.39, 0.29) is 6.04 Å². The summed E-state index contributed by atoms with van der Waals surface area (Å²) >= 11 is 5.01. The molecule has 0 saturated carbocycles. The molecule has 0 radical (unpaired) electrons. The Morgan fingerprint density at radius 2 is 2.10 bits per heavy atom. The van der Waals surface area contributed by atoms with Crippen molar-refractivity contribution in [3.05, 3.63) is 26.4 Å². The van der Waals surface area contributed by atoms with Crippen molar-refractivity contribution in [2.45, 2.75) is 52.6 Å². The molecule has 1 unspecified atom stereocenters. The SMILES string of the molecule is CCn1nc(C)c(Br)c1CC(N)c1snnc1C(C)C. The molecule has 5 nitrogen and oxygen atoms in total. The van der Waals surface area contributed by atoms with Crippen LogP contribution in [0, 0.1) is 6.92 Å². The fraction of sp³-hybridized carbons (Fsp3) is 0.615. The van der Waals surface area contributed by atoms with Gasteiger partial charge in [0.2, 0.25) is 0 Å². The van der Waals surface area contributed by atoms with Gasteiger partial charge < -0.3 is 5.73 Å². The molecule has 110 valence electrons. The van der Waals surface area contributed by atoms with E-state index in [1.54, 1.807) is 0 Å². The lowest BCUT2D eigenvalue weighted by atomic mass is 10.0. The van der Waals surface area contributed by atoms with Crippen LogP contribution in [0.4, 0.5) is 0 Å². The number of halogens is 1. The van der Waals surface area contributed by atoms with E-state index in [2.05, 4.69) is 51.4 Å². The van der Waals surface area contributed by atoms with Crippen LogP contribution in [0.5, 0.6) is 0 Å². The molecular formula is C13H20BrN5S. The van der Waals surface area contributed by atoms with Crippen LogP contribution in [-0.4, -0.2) is 19.4 Å². The Morgan fingerprint density at radius 1 is 1.40 bits per heavy atom. The maximum absolute atomic E-state index is 6.38. The molecule has 0 aliphatic rings. The Bertz CT molecular complexity index is 590. The van der Waals surface area contributed by atoms with E-state index < -0.39 is 0 Å². The number of aryl methyl sites for hydroxylation is 2. The lowest BCUT2D eigenvalue weighted by molar-refractivity contribution is 0.585. The second kappa shape index (κ2) is 6.32. The molecular weight excluding hydrogens is 338 g/mol. The average molecular weight is 358 g/mol. The summed E-state index contributed by atoms with van der Waals surface area (Å²) in [6, 6.07) is -0.0925. The molecule has 20 heavy (non-hydrogen) atoms. The maximum atomic E-state index is 6.38. The molecule has 7 heteroatoms. The highest BCUT2D eigenvalue weighted by molar-refractivity contribution is 9.10. The van der Waals surface area contributed by atoms with Crippen LogP contribution >= 0.6 is 27.5 Å². The third-order valence-corrected chi connectivity index (χ3v) is 5.19. The lowest BCUT2D eigenvalue weighted by Gasteiger charge is -2.13. The van der Waals surface area contributed by atoms with Gasteiger partial charge in [-0.15, -0.1) is 5.10 Å². The smallest absolute Gasteiger partial charge is 0.0829 e. The summed E-state index contributed by atoms with van der Waals surface area (Å²) in [6.45, 7) is 9.15. The largest absolute Gasteiger partial charge is 0.323 e. The predicted octanol–water partition coefficient (Wildman–Crippen LogP) is 3.19. The first kappa shape index (κ1) is 15.6. The molecule has 2 aromatic heterocycles. The molecule has 0 spiro atoms. The van der Waals surface area contributed by atoms with Crippen molar-refractivity contribution in [1.82, 2.24) is 19.4 Å². The molecule has 2 rings (SSSR count). The lowest BCUT2D eigenvalue weighted by Crippen LogP contribution is -2.17. The highest BCUT2D eigenvalue weighted by atomic mass is 79.9. The summed E-state index contributed by atoms with van der Waals surface area (Å²) in [5.41, 5.74) is 9.53. The van der Waals surface area contributed by atoms with Crippen molar-refractivity contribution in [1.29, 1.82) is 0 Å². The Balaban J connectivity index is 2.28. The van der Waals surface area contributed by atoms with Gasteiger partial charge in [-0.1, -0.05) is 18.3 Å². The van der Waals surface area contributed by atoms with Crippen molar-refractivity contribution in [2.24, 2.45) is 5.73 Å². The number of hydrogen-bond donors (Lipinski definition) is 1. The molecule has 2 N–H and O–H groups in total. The molecule has 0 aromatic carbocycles. The van der Waals surface area contributed by atoms with Gasteiger partial charge in [0.1, 0.15) is 0 Å². The molecule has 0 aliphatic heterocycles. The van der Waals surface area contributed by atoms with Crippen LogP contribution in [0.25, 0.3) is 0 Å². The van der Waals surface area contributed by atoms with Gasteiger partial charge in [0.25, 0.3) is 0 Å². The zero-order chi connectivity index (χ0) is 14.9. The van der Waals surface area contributed by atoms with Crippen molar-refractivity contribution >= 4 is 27.5 Å². The Kier molecular flexibility index (Phi) is 4.93. The van der Waals surface area contributed by atoms with Gasteiger partial charge in [-0.05, 0) is 47.2 Å². The Labute approximate surface area is 131 Å². The topological polar surface area (TPSA) is 69.6 Å². The quantitative estimate of drug-likeness (QED) is 0.891. The zero-order valence-electron chi connectivity index (χ0n) is 12.2. The van der Waals surface area contributed by atoms with Crippen molar-refractivity contribution in [3.63, 3.8) is 0 Å². The summed E-state index contributed by atoms with van der Waals surface area (Å²) in [4.78, 5) is 1.08. The first-order chi connectivity index (χ1) is 9.45. The highest BCUT2D eigenvalue weighted by Crippen LogP contribution is 2.30. The molecule has 0 saturated heterocycles. The summed E-state index contributed by atoms with van der Waals surface area (Å²) in [5.74, 6) is 0.344. The molecule has 2 aromatic rings. The van der Waals surface area contributed by atoms with Gasteiger partial charge in [-0.2, -0.15) is 5.10 Å². The highest BCUT2D eigenvalue weighted by Gasteiger charge is 2.22. The third-order valence-electron chi connectivity index (χ3n) is 3.29. The number of hydrogen-bond acceptors (Lipinski definition) is 5. The predicted molar refractivity (Wildman–Crippen MR) is 85.0 cm³/mol. The normalized spacial score (nSPS) is 13.2. The molecule has 1 atom stereocenters. The summed E-state index contributed by atoms with van der Waals surface area (Å²) in [6.07, 6.45) is 0.735. The minimum Gasteiger partial charge on any atom is -0.323 e. The van der Waals surface area contributed by atoms with Crippen LogP contribution in [0.3, 0.4) is 0 Å². The van der Waals surface area contributed by atoms with E-state index >= 15 is 0 Å². The number of aromatic nitrogens is 4. The summed E-state index contributed by atoms with van der Waals surface area (Å²) < 4.78 is 7.11. The van der Waals surface area contributed by atoms with Crippen LogP contribution in [-0.2, 0) is 13.0 Å². The van der Waals surface area contributed by atoms with E-state index in [0.717, 1.165) is 39.4 Å². The first-order valence-electron chi connectivity index (χ1n) is 6.75. The van der Waals surface area contributed by atoms with Crippen LogP contribution < -0.4 is 5.73 Å². The number of rotatable bonds is 5. The molecule has 0 amide bonds. The van der Waals surface area contributed by atoms with E-state index in [1.165, 1.54) is 11.5 Å². The van der Waals surface area contributed by atoms with Gasteiger partial charge in [0.15, 0.2) is 0 Å². The van der Waals surface area contributed by atoms with Crippen LogP contribution in [0.1, 0.15) is 54.7 Å². The van der Waals surface area contributed by atoms with E-state index in [1.807, 2.05) is 11.6 Å². The molecule has 0 bridgehead atoms. The van der Waals surface area contributed by atoms with Crippen LogP contribution in [0.15, 0.2) is 4.47 Å². The minimum absolute atomic E-state index is 0.0925. The minimum atomic E-state index is -0.0925. The van der Waals surface area contributed by atoms with Gasteiger partial charge in [-0.3, -0.25) is 4.68 Å². The molecule has 0 aliphatic carbocycles.